The van der Waals surface area contributed by atoms with Gasteiger partial charge in [0.2, 0.25) is 0 Å². The summed E-state index contributed by atoms with van der Waals surface area (Å²) in [5.41, 5.74) is 1.52. The molecule has 1 aliphatic heterocycles. The molecule has 3 rings (SSSR count). The van der Waals surface area contributed by atoms with Crippen molar-refractivity contribution in [3.05, 3.63) is 41.4 Å². The van der Waals surface area contributed by atoms with Gasteiger partial charge in [0.25, 0.3) is 5.91 Å². The molecule has 1 fully saturated rings. The Morgan fingerprint density at radius 1 is 1.43 bits per heavy atom. The largest absolute Gasteiger partial charge is 0.361 e. The standard InChI is InChI=1S/C16H20N4O2S/c1-12-10-13(19-22-12)11-23-15-14(4-2-6-18-15)16(21)20-8-3-5-17-7-9-20/h2,4,6,10,17H,3,5,7-9,11H2,1H3. The number of amides is 1. The van der Waals surface area contributed by atoms with E-state index in [0.717, 1.165) is 49.1 Å². The highest BCUT2D eigenvalue weighted by Gasteiger charge is 2.20. The van der Waals surface area contributed by atoms with E-state index < -0.39 is 0 Å². The van der Waals surface area contributed by atoms with Gasteiger partial charge in [0.15, 0.2) is 0 Å². The van der Waals surface area contributed by atoms with Crippen LogP contribution in [0.5, 0.6) is 0 Å². The molecular weight excluding hydrogens is 312 g/mol. The number of pyridine rings is 1. The van der Waals surface area contributed by atoms with E-state index in [0.29, 0.717) is 11.3 Å². The van der Waals surface area contributed by atoms with Crippen LogP contribution in [0.3, 0.4) is 0 Å². The summed E-state index contributed by atoms with van der Waals surface area (Å²) in [6, 6.07) is 5.57. The van der Waals surface area contributed by atoms with Crippen LogP contribution in [0.4, 0.5) is 0 Å². The van der Waals surface area contributed by atoms with Gasteiger partial charge in [-0.15, -0.1) is 0 Å². The number of aromatic nitrogens is 2. The summed E-state index contributed by atoms with van der Waals surface area (Å²) in [6.45, 7) is 5.19. The Hall–Kier alpha value is -1.86. The van der Waals surface area contributed by atoms with Crippen molar-refractivity contribution in [2.75, 3.05) is 26.2 Å². The van der Waals surface area contributed by atoms with Gasteiger partial charge in [-0.05, 0) is 32.0 Å². The van der Waals surface area contributed by atoms with E-state index in [1.54, 1.807) is 6.20 Å². The molecule has 0 bridgehead atoms. The van der Waals surface area contributed by atoms with Crippen LogP contribution < -0.4 is 5.32 Å². The molecule has 0 spiro atoms. The van der Waals surface area contributed by atoms with E-state index in [-0.39, 0.29) is 5.91 Å². The van der Waals surface area contributed by atoms with E-state index in [2.05, 4.69) is 15.5 Å². The lowest BCUT2D eigenvalue weighted by Crippen LogP contribution is -2.34. The maximum absolute atomic E-state index is 12.8. The molecule has 122 valence electrons. The summed E-state index contributed by atoms with van der Waals surface area (Å²) in [5, 5.41) is 8.04. The zero-order valence-electron chi connectivity index (χ0n) is 13.1. The number of thioether (sulfide) groups is 1. The van der Waals surface area contributed by atoms with Gasteiger partial charge in [-0.25, -0.2) is 4.98 Å². The minimum atomic E-state index is 0.0561. The first-order valence-electron chi connectivity index (χ1n) is 7.74. The first-order chi connectivity index (χ1) is 11.2. The molecule has 3 heterocycles. The van der Waals surface area contributed by atoms with Crippen LogP contribution in [-0.4, -0.2) is 47.1 Å². The summed E-state index contributed by atoms with van der Waals surface area (Å²) in [4.78, 5) is 19.1. The van der Waals surface area contributed by atoms with E-state index in [1.165, 1.54) is 11.8 Å². The molecule has 0 atom stereocenters. The van der Waals surface area contributed by atoms with Crippen LogP contribution >= 0.6 is 11.8 Å². The molecule has 0 saturated carbocycles. The van der Waals surface area contributed by atoms with Crippen molar-refractivity contribution in [2.45, 2.75) is 24.1 Å². The highest BCUT2D eigenvalue weighted by molar-refractivity contribution is 7.98. The summed E-state index contributed by atoms with van der Waals surface area (Å²) in [5.74, 6) is 1.48. The summed E-state index contributed by atoms with van der Waals surface area (Å²) in [7, 11) is 0. The maximum Gasteiger partial charge on any atom is 0.256 e. The van der Waals surface area contributed by atoms with E-state index in [9.17, 15) is 4.79 Å². The number of rotatable bonds is 4. The molecule has 0 aliphatic carbocycles. The Kier molecular flexibility index (Phi) is 5.30. The van der Waals surface area contributed by atoms with Crippen molar-refractivity contribution in [3.8, 4) is 0 Å². The van der Waals surface area contributed by atoms with Crippen molar-refractivity contribution < 1.29 is 9.32 Å². The third-order valence-electron chi connectivity index (χ3n) is 3.66. The van der Waals surface area contributed by atoms with Crippen LogP contribution in [0.15, 0.2) is 33.9 Å². The van der Waals surface area contributed by atoms with Crippen LogP contribution in [-0.2, 0) is 5.75 Å². The number of carbonyl (C=O) groups excluding carboxylic acids is 1. The fraction of sp³-hybridized carbons (Fsp3) is 0.438. The second kappa shape index (κ2) is 7.61. The number of nitrogens with zero attached hydrogens (tertiary/aromatic N) is 3. The lowest BCUT2D eigenvalue weighted by atomic mass is 10.2. The van der Waals surface area contributed by atoms with Crippen LogP contribution in [0.25, 0.3) is 0 Å². The molecule has 0 unspecified atom stereocenters. The SMILES string of the molecule is Cc1cc(CSc2ncccc2C(=O)N2CCCNCC2)no1. The number of hydrogen-bond acceptors (Lipinski definition) is 6. The maximum atomic E-state index is 12.8. The monoisotopic (exact) mass is 332 g/mol. The van der Waals surface area contributed by atoms with Crippen molar-refractivity contribution in [1.29, 1.82) is 0 Å². The molecule has 7 heteroatoms. The first kappa shape index (κ1) is 16.0. The zero-order valence-corrected chi connectivity index (χ0v) is 13.9. The minimum Gasteiger partial charge on any atom is -0.361 e. The molecule has 2 aromatic rings. The van der Waals surface area contributed by atoms with Crippen molar-refractivity contribution in [1.82, 2.24) is 20.4 Å². The van der Waals surface area contributed by atoms with Gasteiger partial charge in [0.1, 0.15) is 10.8 Å². The quantitative estimate of drug-likeness (QED) is 0.865. The first-order valence-corrected chi connectivity index (χ1v) is 8.72. The summed E-state index contributed by atoms with van der Waals surface area (Å²) < 4.78 is 5.07. The van der Waals surface area contributed by atoms with Gasteiger partial charge < -0.3 is 14.7 Å². The lowest BCUT2D eigenvalue weighted by Gasteiger charge is -2.20. The fourth-order valence-corrected chi connectivity index (χ4v) is 3.38. The Balaban J connectivity index is 1.72. The lowest BCUT2D eigenvalue weighted by molar-refractivity contribution is 0.0762. The fourth-order valence-electron chi connectivity index (χ4n) is 2.52. The van der Waals surface area contributed by atoms with Gasteiger partial charge in [-0.2, -0.15) is 0 Å². The molecular formula is C16H20N4O2S. The van der Waals surface area contributed by atoms with Gasteiger partial charge in [-0.3, -0.25) is 4.79 Å². The number of nitrogens with one attached hydrogen (secondary N) is 1. The van der Waals surface area contributed by atoms with E-state index >= 15 is 0 Å². The van der Waals surface area contributed by atoms with Crippen LogP contribution in [0, 0.1) is 6.92 Å². The molecule has 6 nitrogen and oxygen atoms in total. The molecule has 23 heavy (non-hydrogen) atoms. The number of carbonyl (C=O) groups is 1. The molecule has 1 saturated heterocycles. The van der Waals surface area contributed by atoms with E-state index in [1.807, 2.05) is 30.0 Å². The zero-order chi connectivity index (χ0) is 16.1. The molecule has 0 aromatic carbocycles. The average molecular weight is 332 g/mol. The Labute approximate surface area is 139 Å². The second-order valence-corrected chi connectivity index (χ2v) is 6.43. The van der Waals surface area contributed by atoms with Crippen molar-refractivity contribution >= 4 is 17.7 Å². The molecule has 2 aromatic heterocycles. The second-order valence-electron chi connectivity index (χ2n) is 5.47. The molecule has 1 aliphatic rings. The summed E-state index contributed by atoms with van der Waals surface area (Å²) in [6.07, 6.45) is 2.70. The highest BCUT2D eigenvalue weighted by atomic mass is 32.2. The van der Waals surface area contributed by atoms with Gasteiger partial charge in [0, 0.05) is 37.7 Å². The molecule has 1 N–H and O–H groups in total. The number of hydrogen-bond donors (Lipinski definition) is 1. The Morgan fingerprint density at radius 3 is 3.17 bits per heavy atom. The smallest absolute Gasteiger partial charge is 0.256 e. The Bertz CT molecular complexity index is 666. The van der Waals surface area contributed by atoms with Gasteiger partial charge in [-0.1, -0.05) is 16.9 Å². The van der Waals surface area contributed by atoms with Crippen molar-refractivity contribution in [2.24, 2.45) is 0 Å². The predicted octanol–water partition coefficient (Wildman–Crippen LogP) is 2.11. The Morgan fingerprint density at radius 2 is 2.35 bits per heavy atom. The normalized spacial score (nSPS) is 15.4. The van der Waals surface area contributed by atoms with Crippen molar-refractivity contribution in [3.63, 3.8) is 0 Å². The van der Waals surface area contributed by atoms with Gasteiger partial charge >= 0.3 is 0 Å². The highest BCUT2D eigenvalue weighted by Crippen LogP contribution is 2.25. The van der Waals surface area contributed by atoms with Crippen LogP contribution in [0.2, 0.25) is 0 Å². The summed E-state index contributed by atoms with van der Waals surface area (Å²) >= 11 is 1.51. The number of aryl methyl sites for hydroxylation is 1. The van der Waals surface area contributed by atoms with Gasteiger partial charge in [0.05, 0.1) is 11.3 Å². The average Bonchev–Trinajstić information content (AvgIpc) is 2.82. The topological polar surface area (TPSA) is 71.3 Å². The third kappa shape index (κ3) is 4.11. The predicted molar refractivity (Wildman–Crippen MR) is 88.4 cm³/mol. The minimum absolute atomic E-state index is 0.0561. The third-order valence-corrected chi connectivity index (χ3v) is 4.70. The van der Waals surface area contributed by atoms with Crippen LogP contribution in [0.1, 0.15) is 28.2 Å². The molecule has 0 radical (unpaired) electrons. The molecule has 1 amide bonds. The van der Waals surface area contributed by atoms with E-state index in [4.69, 9.17) is 4.52 Å².